The number of hydrogen-bond acceptors (Lipinski definition) is 3. The fraction of sp³-hybridized carbons (Fsp3) is 0.250. The quantitative estimate of drug-likeness (QED) is 0.896. The van der Waals surface area contributed by atoms with Gasteiger partial charge in [0.1, 0.15) is 18.5 Å². The summed E-state index contributed by atoms with van der Waals surface area (Å²) in [6, 6.07) is 4.30. The molecule has 94 valence electrons. The summed E-state index contributed by atoms with van der Waals surface area (Å²) >= 11 is 0. The van der Waals surface area contributed by atoms with Crippen molar-refractivity contribution >= 4 is 11.6 Å². The van der Waals surface area contributed by atoms with E-state index < -0.39 is 0 Å². The predicted octanol–water partition coefficient (Wildman–Crippen LogP) is 1.75. The normalized spacial score (nSPS) is 10.3. The van der Waals surface area contributed by atoms with Crippen LogP contribution in [0, 0.1) is 12.7 Å². The van der Waals surface area contributed by atoms with Crippen molar-refractivity contribution in [2.24, 2.45) is 0 Å². The number of aryl methyl sites for hydroxylation is 2. The Hall–Kier alpha value is -2.24. The lowest BCUT2D eigenvalue weighted by Gasteiger charge is -2.08. The van der Waals surface area contributed by atoms with E-state index in [-0.39, 0.29) is 18.1 Å². The number of carbonyl (C=O) groups is 1. The van der Waals surface area contributed by atoms with Crippen LogP contribution in [-0.2, 0) is 11.3 Å². The van der Waals surface area contributed by atoms with E-state index in [1.807, 2.05) is 6.92 Å². The Kier molecular flexibility index (Phi) is 3.66. The maximum Gasteiger partial charge on any atom is 0.226 e. The molecular weight excluding hydrogens is 235 g/mol. The van der Waals surface area contributed by atoms with Gasteiger partial charge in [-0.05, 0) is 24.6 Å². The van der Waals surface area contributed by atoms with Crippen LogP contribution in [0.3, 0.4) is 0 Å². The number of carbonyl (C=O) groups excluding carboxylic acids is 1. The number of amides is 1. The largest absolute Gasteiger partial charge is 0.326 e. The number of rotatable bonds is 4. The van der Waals surface area contributed by atoms with E-state index in [1.165, 1.54) is 18.5 Å². The Morgan fingerprint density at radius 3 is 3.06 bits per heavy atom. The molecule has 18 heavy (non-hydrogen) atoms. The molecule has 0 spiro atoms. The van der Waals surface area contributed by atoms with Gasteiger partial charge in [-0.2, -0.15) is 5.10 Å². The van der Waals surface area contributed by atoms with Crippen molar-refractivity contribution in [2.75, 3.05) is 5.32 Å². The van der Waals surface area contributed by atoms with E-state index in [0.29, 0.717) is 12.2 Å². The summed E-state index contributed by atoms with van der Waals surface area (Å²) in [6.07, 6.45) is 3.22. The molecule has 1 aromatic heterocycles. The zero-order chi connectivity index (χ0) is 13.0. The molecule has 0 saturated heterocycles. The maximum atomic E-state index is 13.0. The first-order valence-corrected chi connectivity index (χ1v) is 5.53. The molecule has 2 aromatic rings. The van der Waals surface area contributed by atoms with E-state index in [2.05, 4.69) is 15.4 Å². The van der Waals surface area contributed by atoms with Gasteiger partial charge in [0.25, 0.3) is 0 Å². The molecule has 0 unspecified atom stereocenters. The van der Waals surface area contributed by atoms with Crippen LogP contribution < -0.4 is 5.32 Å². The monoisotopic (exact) mass is 248 g/mol. The van der Waals surface area contributed by atoms with Gasteiger partial charge >= 0.3 is 0 Å². The minimum absolute atomic E-state index is 0.181. The number of nitrogens with zero attached hydrogens (tertiary/aromatic N) is 3. The number of aromatic nitrogens is 3. The molecule has 1 heterocycles. The second-order valence-corrected chi connectivity index (χ2v) is 3.92. The summed E-state index contributed by atoms with van der Waals surface area (Å²) in [5.41, 5.74) is 1.32. The van der Waals surface area contributed by atoms with Crippen molar-refractivity contribution in [3.63, 3.8) is 0 Å². The van der Waals surface area contributed by atoms with Crippen LogP contribution in [0.1, 0.15) is 12.0 Å². The Labute approximate surface area is 104 Å². The molecule has 1 N–H and O–H groups in total. The van der Waals surface area contributed by atoms with Gasteiger partial charge in [0.15, 0.2) is 0 Å². The first-order chi connectivity index (χ1) is 8.65. The second kappa shape index (κ2) is 5.39. The summed E-state index contributed by atoms with van der Waals surface area (Å²) in [5, 5.41) is 6.57. The van der Waals surface area contributed by atoms with Gasteiger partial charge in [0, 0.05) is 12.1 Å². The summed E-state index contributed by atoms with van der Waals surface area (Å²) in [5.74, 6) is -0.550. The Balaban J connectivity index is 1.92. The third-order valence-electron chi connectivity index (χ3n) is 2.51. The zero-order valence-electron chi connectivity index (χ0n) is 9.93. The average molecular weight is 248 g/mol. The van der Waals surface area contributed by atoms with Crippen LogP contribution in [-0.4, -0.2) is 20.7 Å². The lowest BCUT2D eigenvalue weighted by atomic mass is 10.2. The minimum Gasteiger partial charge on any atom is -0.326 e. The highest BCUT2D eigenvalue weighted by molar-refractivity contribution is 5.91. The summed E-state index contributed by atoms with van der Waals surface area (Å²) in [6.45, 7) is 2.26. The number of hydrogen-bond donors (Lipinski definition) is 1. The van der Waals surface area contributed by atoms with E-state index in [0.717, 1.165) is 5.56 Å². The van der Waals surface area contributed by atoms with Crippen LogP contribution in [0.2, 0.25) is 0 Å². The lowest BCUT2D eigenvalue weighted by molar-refractivity contribution is -0.116. The molecule has 5 nitrogen and oxygen atoms in total. The number of benzene rings is 1. The van der Waals surface area contributed by atoms with Crippen molar-refractivity contribution in [1.29, 1.82) is 0 Å². The highest BCUT2D eigenvalue weighted by atomic mass is 19.1. The molecule has 6 heteroatoms. The molecule has 0 aliphatic heterocycles. The molecule has 0 aliphatic carbocycles. The molecule has 0 radical (unpaired) electrons. The molecule has 0 atom stereocenters. The van der Waals surface area contributed by atoms with Gasteiger partial charge in [-0.1, -0.05) is 6.07 Å². The third kappa shape index (κ3) is 3.13. The second-order valence-electron chi connectivity index (χ2n) is 3.92. The smallest absolute Gasteiger partial charge is 0.226 e. The molecular formula is C12H13FN4O. The van der Waals surface area contributed by atoms with Gasteiger partial charge in [0.05, 0.1) is 6.54 Å². The zero-order valence-corrected chi connectivity index (χ0v) is 9.93. The summed E-state index contributed by atoms with van der Waals surface area (Å²) in [4.78, 5) is 15.5. The minimum atomic E-state index is -0.368. The first-order valence-electron chi connectivity index (χ1n) is 5.53. The van der Waals surface area contributed by atoms with Gasteiger partial charge in [0.2, 0.25) is 5.91 Å². The highest BCUT2D eigenvalue weighted by Crippen LogP contribution is 2.16. The highest BCUT2D eigenvalue weighted by Gasteiger charge is 2.06. The van der Waals surface area contributed by atoms with Gasteiger partial charge in [-0.3, -0.25) is 9.48 Å². The van der Waals surface area contributed by atoms with Gasteiger partial charge in [-0.15, -0.1) is 0 Å². The topological polar surface area (TPSA) is 59.8 Å². The Bertz CT molecular complexity index is 539. The van der Waals surface area contributed by atoms with E-state index in [4.69, 9.17) is 0 Å². The Morgan fingerprint density at radius 1 is 1.50 bits per heavy atom. The summed E-state index contributed by atoms with van der Waals surface area (Å²) < 4.78 is 14.6. The fourth-order valence-corrected chi connectivity index (χ4v) is 1.51. The Morgan fingerprint density at radius 2 is 2.33 bits per heavy atom. The van der Waals surface area contributed by atoms with Crippen molar-refractivity contribution < 1.29 is 9.18 Å². The third-order valence-corrected chi connectivity index (χ3v) is 2.51. The SMILES string of the molecule is Cc1ccc(F)cc1NC(=O)CCn1cncn1. The first kappa shape index (κ1) is 12.2. The van der Waals surface area contributed by atoms with Crippen LogP contribution >= 0.6 is 0 Å². The molecule has 0 aliphatic rings. The molecule has 1 amide bonds. The van der Waals surface area contributed by atoms with Crippen LogP contribution in [0.5, 0.6) is 0 Å². The van der Waals surface area contributed by atoms with Gasteiger partial charge in [-0.25, -0.2) is 9.37 Å². The van der Waals surface area contributed by atoms with Crippen LogP contribution in [0.25, 0.3) is 0 Å². The standard InChI is InChI=1S/C12H13FN4O/c1-9-2-3-10(13)6-11(9)16-12(18)4-5-17-8-14-7-15-17/h2-3,6-8H,4-5H2,1H3,(H,16,18). The van der Waals surface area contributed by atoms with E-state index in [1.54, 1.807) is 17.1 Å². The van der Waals surface area contributed by atoms with Crippen LogP contribution in [0.4, 0.5) is 10.1 Å². The van der Waals surface area contributed by atoms with Crippen molar-refractivity contribution in [3.8, 4) is 0 Å². The fourth-order valence-electron chi connectivity index (χ4n) is 1.51. The number of nitrogens with one attached hydrogen (secondary N) is 1. The number of anilines is 1. The summed E-state index contributed by atoms with van der Waals surface area (Å²) in [7, 11) is 0. The van der Waals surface area contributed by atoms with Crippen molar-refractivity contribution in [2.45, 2.75) is 19.9 Å². The lowest BCUT2D eigenvalue weighted by Crippen LogP contribution is -2.15. The molecule has 1 aromatic carbocycles. The molecule has 0 bridgehead atoms. The van der Waals surface area contributed by atoms with Crippen molar-refractivity contribution in [3.05, 3.63) is 42.2 Å². The van der Waals surface area contributed by atoms with Crippen molar-refractivity contribution in [1.82, 2.24) is 14.8 Å². The van der Waals surface area contributed by atoms with E-state index >= 15 is 0 Å². The maximum absolute atomic E-state index is 13.0. The van der Waals surface area contributed by atoms with Crippen LogP contribution in [0.15, 0.2) is 30.9 Å². The van der Waals surface area contributed by atoms with E-state index in [9.17, 15) is 9.18 Å². The molecule has 2 rings (SSSR count). The predicted molar refractivity (Wildman–Crippen MR) is 64.4 cm³/mol. The average Bonchev–Trinajstić information content (AvgIpc) is 2.84. The number of halogens is 1. The molecule has 0 fully saturated rings. The van der Waals surface area contributed by atoms with Gasteiger partial charge < -0.3 is 5.32 Å². The molecule has 0 saturated carbocycles.